The molecule has 0 unspecified atom stereocenters. The Hall–Kier alpha value is -1.72. The quantitative estimate of drug-likeness (QED) is 0.388. The van der Waals surface area contributed by atoms with E-state index >= 15 is 0 Å². The van der Waals surface area contributed by atoms with Crippen LogP contribution in [0.25, 0.3) is 0 Å². The van der Waals surface area contributed by atoms with Gasteiger partial charge >= 0.3 is 0 Å². The zero-order valence-corrected chi connectivity index (χ0v) is 12.3. The third-order valence-electron chi connectivity index (χ3n) is 3.49. The molecular weight excluding hydrogens is 294 g/mol. The molecule has 1 aliphatic heterocycles. The Balaban J connectivity index is 2.00. The van der Waals surface area contributed by atoms with Gasteiger partial charge in [-0.2, -0.15) is 0 Å². The number of nitrogens with zero attached hydrogens (tertiary/aromatic N) is 2. The molecule has 0 fully saturated rings. The van der Waals surface area contributed by atoms with Crippen LogP contribution in [0.2, 0.25) is 5.02 Å². The average molecular weight is 308 g/mol. The molecule has 2 aromatic rings. The maximum absolute atomic E-state index is 8.92. The fourth-order valence-corrected chi connectivity index (χ4v) is 3.55. The van der Waals surface area contributed by atoms with Crippen LogP contribution >= 0.6 is 22.9 Å². The molecule has 6 heteroatoms. The van der Waals surface area contributed by atoms with E-state index in [1.165, 1.54) is 10.4 Å². The first-order chi connectivity index (χ1) is 9.69. The van der Waals surface area contributed by atoms with Crippen LogP contribution in [-0.2, 0) is 13.0 Å². The standard InChI is InChI=1S/C14H14ClN3OS/c15-10-1-2-11(14(16)17-19)12(7-10)18-5-3-13-9(8-18)4-6-20-13/h1-2,4,6-7,19H,3,5,8H2,(H2,16,17). The van der Waals surface area contributed by atoms with E-state index in [-0.39, 0.29) is 5.84 Å². The van der Waals surface area contributed by atoms with Crippen LogP contribution in [0.1, 0.15) is 16.0 Å². The third-order valence-corrected chi connectivity index (χ3v) is 4.75. The van der Waals surface area contributed by atoms with Crippen LogP contribution in [-0.4, -0.2) is 17.6 Å². The molecule has 0 radical (unpaired) electrons. The van der Waals surface area contributed by atoms with E-state index in [2.05, 4.69) is 21.5 Å². The third kappa shape index (κ3) is 2.34. The van der Waals surface area contributed by atoms with Gasteiger partial charge in [-0.25, -0.2) is 0 Å². The molecule has 0 saturated heterocycles. The van der Waals surface area contributed by atoms with Crippen LogP contribution in [0.15, 0.2) is 34.8 Å². The lowest BCUT2D eigenvalue weighted by molar-refractivity contribution is 0.318. The lowest BCUT2D eigenvalue weighted by atomic mass is 10.1. The van der Waals surface area contributed by atoms with Gasteiger partial charge in [0, 0.05) is 34.2 Å². The Bertz CT molecular complexity index is 668. The van der Waals surface area contributed by atoms with Crippen molar-refractivity contribution in [3.8, 4) is 0 Å². The predicted octanol–water partition coefficient (Wildman–Crippen LogP) is 3.06. The highest BCUT2D eigenvalue weighted by atomic mass is 35.5. The van der Waals surface area contributed by atoms with Crippen molar-refractivity contribution in [3.05, 3.63) is 50.7 Å². The fourth-order valence-electron chi connectivity index (χ4n) is 2.49. The molecule has 3 N–H and O–H groups in total. The van der Waals surface area contributed by atoms with Gasteiger partial charge in [-0.1, -0.05) is 16.8 Å². The molecule has 20 heavy (non-hydrogen) atoms. The molecule has 104 valence electrons. The van der Waals surface area contributed by atoms with Crippen LogP contribution in [0, 0.1) is 0 Å². The summed E-state index contributed by atoms with van der Waals surface area (Å²) in [7, 11) is 0. The van der Waals surface area contributed by atoms with Crippen molar-refractivity contribution in [1.82, 2.24) is 0 Å². The Morgan fingerprint density at radius 3 is 3.05 bits per heavy atom. The highest BCUT2D eigenvalue weighted by Crippen LogP contribution is 2.31. The smallest absolute Gasteiger partial charge is 0.172 e. The molecule has 0 saturated carbocycles. The molecule has 4 nitrogen and oxygen atoms in total. The summed E-state index contributed by atoms with van der Waals surface area (Å²) in [6.07, 6.45) is 1.01. The SMILES string of the molecule is NC(=NO)c1ccc(Cl)cc1N1CCc2sccc2C1. The molecule has 3 rings (SSSR count). The van der Waals surface area contributed by atoms with Crippen molar-refractivity contribution < 1.29 is 5.21 Å². The number of amidine groups is 1. The van der Waals surface area contributed by atoms with Crippen LogP contribution in [0.4, 0.5) is 5.69 Å². The van der Waals surface area contributed by atoms with Crippen LogP contribution in [0.5, 0.6) is 0 Å². The summed E-state index contributed by atoms with van der Waals surface area (Å²) < 4.78 is 0. The number of anilines is 1. The lowest BCUT2D eigenvalue weighted by Gasteiger charge is -2.30. The second-order valence-electron chi connectivity index (χ2n) is 4.69. The van der Waals surface area contributed by atoms with Gasteiger partial charge in [0.05, 0.1) is 0 Å². The number of hydrogen-bond donors (Lipinski definition) is 2. The highest BCUT2D eigenvalue weighted by Gasteiger charge is 2.21. The van der Waals surface area contributed by atoms with E-state index in [9.17, 15) is 0 Å². The van der Waals surface area contributed by atoms with Crippen molar-refractivity contribution >= 4 is 34.5 Å². The summed E-state index contributed by atoms with van der Waals surface area (Å²) in [6, 6.07) is 7.56. The van der Waals surface area contributed by atoms with Gasteiger partial charge in [0.25, 0.3) is 0 Å². The van der Waals surface area contributed by atoms with E-state index in [0.717, 1.165) is 25.2 Å². The minimum Gasteiger partial charge on any atom is -0.409 e. The van der Waals surface area contributed by atoms with E-state index in [0.29, 0.717) is 10.6 Å². The molecule has 2 heterocycles. The van der Waals surface area contributed by atoms with Crippen molar-refractivity contribution in [3.63, 3.8) is 0 Å². The Labute approximate surface area is 126 Å². The number of halogens is 1. The van der Waals surface area contributed by atoms with Gasteiger partial charge in [0.15, 0.2) is 5.84 Å². The zero-order valence-electron chi connectivity index (χ0n) is 10.7. The maximum Gasteiger partial charge on any atom is 0.172 e. The summed E-state index contributed by atoms with van der Waals surface area (Å²) in [5, 5.41) is 14.8. The van der Waals surface area contributed by atoms with Gasteiger partial charge in [0.2, 0.25) is 0 Å². The minimum atomic E-state index is 0.104. The molecule has 0 bridgehead atoms. The van der Waals surface area contributed by atoms with Crippen LogP contribution in [0.3, 0.4) is 0 Å². The summed E-state index contributed by atoms with van der Waals surface area (Å²) in [5.41, 5.74) is 8.71. The largest absolute Gasteiger partial charge is 0.409 e. The first-order valence-electron chi connectivity index (χ1n) is 6.26. The molecule has 1 aromatic heterocycles. The number of nitrogens with two attached hydrogens (primary N) is 1. The van der Waals surface area contributed by atoms with Gasteiger partial charge in [-0.05, 0) is 41.6 Å². The monoisotopic (exact) mass is 307 g/mol. The molecule has 1 aliphatic rings. The van der Waals surface area contributed by atoms with E-state index in [1.807, 2.05) is 6.07 Å². The van der Waals surface area contributed by atoms with E-state index in [4.69, 9.17) is 22.5 Å². The highest BCUT2D eigenvalue weighted by molar-refractivity contribution is 7.10. The van der Waals surface area contributed by atoms with Crippen molar-refractivity contribution in [2.45, 2.75) is 13.0 Å². The fraction of sp³-hybridized carbons (Fsp3) is 0.214. The maximum atomic E-state index is 8.92. The number of benzene rings is 1. The predicted molar refractivity (Wildman–Crippen MR) is 83.0 cm³/mol. The number of fused-ring (bicyclic) bond motifs is 1. The van der Waals surface area contributed by atoms with Gasteiger partial charge < -0.3 is 15.8 Å². The van der Waals surface area contributed by atoms with Crippen molar-refractivity contribution in [2.75, 3.05) is 11.4 Å². The number of hydrogen-bond acceptors (Lipinski definition) is 4. The first-order valence-corrected chi connectivity index (χ1v) is 7.52. The van der Waals surface area contributed by atoms with Crippen LogP contribution < -0.4 is 10.6 Å². The Morgan fingerprint density at radius 1 is 1.40 bits per heavy atom. The molecule has 0 spiro atoms. The summed E-state index contributed by atoms with van der Waals surface area (Å²) in [6.45, 7) is 1.73. The first kappa shape index (κ1) is 13.3. The summed E-state index contributed by atoms with van der Waals surface area (Å²) in [5.74, 6) is 0.104. The normalized spacial score (nSPS) is 15.2. The molecule has 0 aliphatic carbocycles. The van der Waals surface area contributed by atoms with Gasteiger partial charge in [0.1, 0.15) is 0 Å². The molecule has 1 aromatic carbocycles. The zero-order chi connectivity index (χ0) is 14.1. The number of oxime groups is 1. The lowest BCUT2D eigenvalue weighted by Crippen LogP contribution is -2.31. The second-order valence-corrected chi connectivity index (χ2v) is 6.12. The molecule has 0 atom stereocenters. The molecule has 0 amide bonds. The summed E-state index contributed by atoms with van der Waals surface area (Å²) in [4.78, 5) is 3.66. The van der Waals surface area contributed by atoms with E-state index in [1.54, 1.807) is 23.5 Å². The van der Waals surface area contributed by atoms with Gasteiger partial charge in [-0.3, -0.25) is 0 Å². The van der Waals surface area contributed by atoms with Gasteiger partial charge in [-0.15, -0.1) is 11.3 Å². The summed E-state index contributed by atoms with van der Waals surface area (Å²) >= 11 is 7.89. The Kier molecular flexibility index (Phi) is 3.54. The number of thiophene rings is 1. The van der Waals surface area contributed by atoms with Crippen molar-refractivity contribution in [1.29, 1.82) is 0 Å². The second kappa shape index (κ2) is 5.34. The molecular formula is C14H14ClN3OS. The van der Waals surface area contributed by atoms with E-state index < -0.39 is 0 Å². The topological polar surface area (TPSA) is 61.9 Å². The Morgan fingerprint density at radius 2 is 2.25 bits per heavy atom. The average Bonchev–Trinajstić information content (AvgIpc) is 2.93. The minimum absolute atomic E-state index is 0.104. The van der Waals surface area contributed by atoms with Crippen molar-refractivity contribution in [2.24, 2.45) is 10.9 Å². The number of rotatable bonds is 2.